The number of pyridine rings is 1. The van der Waals surface area contributed by atoms with Crippen molar-refractivity contribution >= 4 is 11.8 Å². The lowest BCUT2D eigenvalue weighted by Gasteiger charge is -2.22. The molecule has 0 fully saturated rings. The SMILES string of the molecule is Cc1cc(C)nc(NC(=O)NCC(c2ccco2)N(C)C)c1. The zero-order valence-electron chi connectivity index (χ0n) is 13.4. The number of nitrogens with one attached hydrogen (secondary N) is 2. The summed E-state index contributed by atoms with van der Waals surface area (Å²) in [7, 11) is 3.89. The second-order valence-corrected chi connectivity index (χ2v) is 5.50. The van der Waals surface area contributed by atoms with E-state index in [-0.39, 0.29) is 12.1 Å². The van der Waals surface area contributed by atoms with Crippen molar-refractivity contribution in [3.63, 3.8) is 0 Å². The molecule has 0 aliphatic heterocycles. The number of furan rings is 1. The first-order valence-electron chi connectivity index (χ1n) is 7.15. The zero-order valence-corrected chi connectivity index (χ0v) is 13.4. The summed E-state index contributed by atoms with van der Waals surface area (Å²) in [4.78, 5) is 18.3. The highest BCUT2D eigenvalue weighted by atomic mass is 16.3. The predicted octanol–water partition coefficient (Wildman–Crippen LogP) is 2.72. The van der Waals surface area contributed by atoms with Gasteiger partial charge in [-0.05, 0) is 57.8 Å². The molecule has 22 heavy (non-hydrogen) atoms. The van der Waals surface area contributed by atoms with Crippen molar-refractivity contribution in [3.05, 3.63) is 47.5 Å². The van der Waals surface area contributed by atoms with Crippen molar-refractivity contribution in [2.45, 2.75) is 19.9 Å². The van der Waals surface area contributed by atoms with Crippen LogP contribution in [0.15, 0.2) is 34.9 Å². The van der Waals surface area contributed by atoms with Crippen molar-refractivity contribution in [2.24, 2.45) is 0 Å². The molecule has 1 unspecified atom stereocenters. The minimum Gasteiger partial charge on any atom is -0.468 e. The molecule has 6 nitrogen and oxygen atoms in total. The number of hydrogen-bond donors (Lipinski definition) is 2. The van der Waals surface area contributed by atoms with Gasteiger partial charge in [0.2, 0.25) is 0 Å². The number of aromatic nitrogens is 1. The monoisotopic (exact) mass is 302 g/mol. The highest BCUT2D eigenvalue weighted by Gasteiger charge is 2.17. The Labute approximate surface area is 130 Å². The third-order valence-corrected chi connectivity index (χ3v) is 3.29. The van der Waals surface area contributed by atoms with Crippen LogP contribution in [0.25, 0.3) is 0 Å². The Kier molecular flexibility index (Phi) is 5.16. The van der Waals surface area contributed by atoms with E-state index in [1.165, 1.54) is 0 Å². The summed E-state index contributed by atoms with van der Waals surface area (Å²) in [6.07, 6.45) is 1.63. The van der Waals surface area contributed by atoms with Gasteiger partial charge >= 0.3 is 6.03 Å². The van der Waals surface area contributed by atoms with Crippen LogP contribution >= 0.6 is 0 Å². The van der Waals surface area contributed by atoms with Crippen LogP contribution in [-0.2, 0) is 0 Å². The Morgan fingerprint density at radius 2 is 2.14 bits per heavy atom. The molecule has 6 heteroatoms. The van der Waals surface area contributed by atoms with E-state index in [2.05, 4.69) is 15.6 Å². The number of hydrogen-bond acceptors (Lipinski definition) is 4. The van der Waals surface area contributed by atoms with E-state index < -0.39 is 0 Å². The quantitative estimate of drug-likeness (QED) is 0.891. The van der Waals surface area contributed by atoms with Gasteiger partial charge in [0.25, 0.3) is 0 Å². The van der Waals surface area contributed by atoms with Gasteiger partial charge in [-0.3, -0.25) is 10.2 Å². The lowest BCUT2D eigenvalue weighted by molar-refractivity contribution is 0.233. The van der Waals surface area contributed by atoms with Gasteiger partial charge in [-0.15, -0.1) is 0 Å². The number of anilines is 1. The van der Waals surface area contributed by atoms with Crippen molar-refractivity contribution in [1.82, 2.24) is 15.2 Å². The third-order valence-electron chi connectivity index (χ3n) is 3.29. The molecule has 2 heterocycles. The Bertz CT molecular complexity index is 603. The van der Waals surface area contributed by atoms with Crippen LogP contribution in [0.4, 0.5) is 10.6 Å². The molecule has 0 aromatic carbocycles. The van der Waals surface area contributed by atoms with E-state index in [1.807, 2.05) is 57.1 Å². The average Bonchev–Trinajstić information content (AvgIpc) is 2.91. The molecule has 2 aromatic heterocycles. The van der Waals surface area contributed by atoms with Crippen LogP contribution in [0.5, 0.6) is 0 Å². The number of nitrogens with zero attached hydrogens (tertiary/aromatic N) is 2. The van der Waals surface area contributed by atoms with Crippen molar-refractivity contribution in [2.75, 3.05) is 26.0 Å². The number of likely N-dealkylation sites (N-methyl/N-ethyl adjacent to an activating group) is 1. The maximum atomic E-state index is 12.0. The van der Waals surface area contributed by atoms with E-state index in [0.29, 0.717) is 12.4 Å². The van der Waals surface area contributed by atoms with Crippen LogP contribution in [0.1, 0.15) is 23.1 Å². The Morgan fingerprint density at radius 1 is 1.36 bits per heavy atom. The first-order chi connectivity index (χ1) is 10.5. The number of aryl methyl sites for hydroxylation is 2. The van der Waals surface area contributed by atoms with Crippen LogP contribution in [0.3, 0.4) is 0 Å². The normalized spacial score (nSPS) is 12.2. The summed E-state index contributed by atoms with van der Waals surface area (Å²) < 4.78 is 5.41. The average molecular weight is 302 g/mol. The van der Waals surface area contributed by atoms with Crippen molar-refractivity contribution < 1.29 is 9.21 Å². The molecule has 0 aliphatic carbocycles. The number of urea groups is 1. The van der Waals surface area contributed by atoms with Gasteiger partial charge in [-0.25, -0.2) is 9.78 Å². The second-order valence-electron chi connectivity index (χ2n) is 5.50. The van der Waals surface area contributed by atoms with E-state index in [9.17, 15) is 4.79 Å². The molecular weight excluding hydrogens is 280 g/mol. The molecule has 2 rings (SSSR count). The molecule has 2 N–H and O–H groups in total. The molecule has 0 spiro atoms. The molecule has 0 saturated carbocycles. The third kappa shape index (κ3) is 4.33. The molecular formula is C16H22N4O2. The molecule has 0 aliphatic rings. The fourth-order valence-electron chi connectivity index (χ4n) is 2.27. The molecule has 0 bridgehead atoms. The highest BCUT2D eigenvalue weighted by molar-refractivity contribution is 5.88. The van der Waals surface area contributed by atoms with Gasteiger partial charge in [0, 0.05) is 12.2 Å². The van der Waals surface area contributed by atoms with Crippen LogP contribution in [0, 0.1) is 13.8 Å². The molecule has 2 amide bonds. The van der Waals surface area contributed by atoms with Crippen LogP contribution < -0.4 is 10.6 Å². The molecule has 0 radical (unpaired) electrons. The van der Waals surface area contributed by atoms with E-state index >= 15 is 0 Å². The largest absolute Gasteiger partial charge is 0.468 e. The maximum absolute atomic E-state index is 12.0. The lowest BCUT2D eigenvalue weighted by atomic mass is 10.2. The topological polar surface area (TPSA) is 70.4 Å². The van der Waals surface area contributed by atoms with Gasteiger partial charge in [0.1, 0.15) is 11.6 Å². The minimum absolute atomic E-state index is 0.0204. The first kappa shape index (κ1) is 16.0. The van der Waals surface area contributed by atoms with E-state index in [1.54, 1.807) is 6.26 Å². The molecule has 2 aromatic rings. The van der Waals surface area contributed by atoms with Gasteiger partial charge in [0.05, 0.1) is 12.3 Å². The second kappa shape index (κ2) is 7.09. The molecule has 0 saturated heterocycles. The fraction of sp³-hybridized carbons (Fsp3) is 0.375. The zero-order chi connectivity index (χ0) is 16.1. The first-order valence-corrected chi connectivity index (χ1v) is 7.15. The summed E-state index contributed by atoms with van der Waals surface area (Å²) in [5.74, 6) is 1.37. The van der Waals surface area contributed by atoms with Crippen molar-refractivity contribution in [3.8, 4) is 0 Å². The van der Waals surface area contributed by atoms with Gasteiger partial charge in [-0.1, -0.05) is 0 Å². The molecule has 1 atom stereocenters. The number of amides is 2. The standard InChI is InChI=1S/C16H22N4O2/c1-11-8-12(2)18-15(9-11)19-16(21)17-10-13(20(3)4)14-6-5-7-22-14/h5-9,13H,10H2,1-4H3,(H2,17,18,19,21). The van der Waals surface area contributed by atoms with Gasteiger partial charge < -0.3 is 9.73 Å². The van der Waals surface area contributed by atoms with Gasteiger partial charge in [-0.2, -0.15) is 0 Å². The minimum atomic E-state index is -0.282. The number of rotatable bonds is 5. The lowest BCUT2D eigenvalue weighted by Crippen LogP contribution is -2.36. The Morgan fingerprint density at radius 3 is 2.73 bits per heavy atom. The summed E-state index contributed by atoms with van der Waals surface area (Å²) in [6, 6.07) is 7.23. The van der Waals surface area contributed by atoms with E-state index in [0.717, 1.165) is 17.0 Å². The van der Waals surface area contributed by atoms with E-state index in [4.69, 9.17) is 4.42 Å². The summed E-state index contributed by atoms with van der Waals surface area (Å²) in [5.41, 5.74) is 1.93. The summed E-state index contributed by atoms with van der Waals surface area (Å²) >= 11 is 0. The van der Waals surface area contributed by atoms with Crippen LogP contribution in [-0.4, -0.2) is 36.6 Å². The number of carbonyl (C=O) groups excluding carboxylic acids is 1. The Hall–Kier alpha value is -2.34. The maximum Gasteiger partial charge on any atom is 0.320 e. The smallest absolute Gasteiger partial charge is 0.320 e. The van der Waals surface area contributed by atoms with Crippen LogP contribution in [0.2, 0.25) is 0 Å². The Balaban J connectivity index is 1.94. The highest BCUT2D eigenvalue weighted by Crippen LogP contribution is 2.17. The number of carbonyl (C=O) groups is 1. The van der Waals surface area contributed by atoms with Crippen molar-refractivity contribution in [1.29, 1.82) is 0 Å². The summed E-state index contributed by atoms with van der Waals surface area (Å²) in [5, 5.41) is 5.60. The fourth-order valence-corrected chi connectivity index (χ4v) is 2.27. The van der Waals surface area contributed by atoms with Gasteiger partial charge in [0.15, 0.2) is 0 Å². The predicted molar refractivity (Wildman–Crippen MR) is 85.9 cm³/mol. The summed E-state index contributed by atoms with van der Waals surface area (Å²) in [6.45, 7) is 4.31. The molecule has 118 valence electrons.